The molecule has 0 spiro atoms. The molecule has 0 rings (SSSR count). The van der Waals surface area contributed by atoms with Crippen LogP contribution in [0.3, 0.4) is 0 Å². The zero-order valence-electron chi connectivity index (χ0n) is 12.7. The van der Waals surface area contributed by atoms with Gasteiger partial charge in [0.1, 0.15) is 6.61 Å². The molecule has 0 aromatic carbocycles. The first-order chi connectivity index (χ1) is 10.0. The lowest BCUT2D eigenvalue weighted by molar-refractivity contribution is -0.189. The molecule has 21 heavy (non-hydrogen) atoms. The third-order valence-electron chi connectivity index (χ3n) is 2.60. The lowest BCUT2D eigenvalue weighted by atomic mass is 10.2. The molecular weight excluding hydrogens is 280 g/mol. The Kier molecular flexibility index (Phi) is 11.8. The first-order valence-corrected chi connectivity index (χ1v) is 7.30. The van der Waals surface area contributed by atoms with Crippen LogP contribution < -0.4 is 0 Å². The molecule has 0 aromatic rings. The quantitative estimate of drug-likeness (QED) is 0.300. The summed E-state index contributed by atoms with van der Waals surface area (Å²) < 4.78 is 15.7. The van der Waals surface area contributed by atoms with Gasteiger partial charge in [0.25, 0.3) is 0 Å². The molecule has 0 aromatic heterocycles. The van der Waals surface area contributed by atoms with Gasteiger partial charge >= 0.3 is 11.9 Å². The van der Waals surface area contributed by atoms with E-state index < -0.39 is 30.8 Å². The number of rotatable bonds is 13. The first kappa shape index (κ1) is 19.8. The Morgan fingerprint density at radius 3 is 2.00 bits per heavy atom. The Morgan fingerprint density at radius 2 is 1.57 bits per heavy atom. The maximum Gasteiger partial charge on any atom is 0.335 e. The first-order valence-electron chi connectivity index (χ1n) is 7.30. The number of hydrogen-bond acceptors (Lipinski definition) is 6. The van der Waals surface area contributed by atoms with Crippen molar-refractivity contribution in [1.29, 1.82) is 0 Å². The van der Waals surface area contributed by atoms with E-state index in [0.29, 0.717) is 13.2 Å². The number of aliphatic hydroxyl groups is 1. The maximum absolute atomic E-state index is 11.4. The summed E-state index contributed by atoms with van der Waals surface area (Å²) in [6, 6.07) is 0. The van der Waals surface area contributed by atoms with E-state index in [9.17, 15) is 14.7 Å². The fourth-order valence-corrected chi connectivity index (χ4v) is 1.36. The minimum atomic E-state index is -1.67. The molecule has 124 valence electrons. The number of aliphatic carboxylic acids is 1. The number of hydrogen-bond donors (Lipinski definition) is 2. The van der Waals surface area contributed by atoms with E-state index in [4.69, 9.17) is 19.3 Å². The monoisotopic (exact) mass is 306 g/mol. The van der Waals surface area contributed by atoms with E-state index in [1.54, 1.807) is 0 Å². The van der Waals surface area contributed by atoms with Crippen LogP contribution in [0.5, 0.6) is 0 Å². The molecule has 0 bridgehead atoms. The largest absolute Gasteiger partial charge is 0.481 e. The van der Waals surface area contributed by atoms with Crippen molar-refractivity contribution in [3.63, 3.8) is 0 Å². The van der Waals surface area contributed by atoms with Gasteiger partial charge in [0, 0.05) is 13.2 Å². The van der Waals surface area contributed by atoms with Crippen LogP contribution in [-0.4, -0.2) is 54.4 Å². The lowest BCUT2D eigenvalue weighted by Crippen LogP contribution is -2.31. The lowest BCUT2D eigenvalue weighted by Gasteiger charge is -2.19. The Morgan fingerprint density at radius 1 is 1.05 bits per heavy atom. The molecule has 0 saturated carbocycles. The van der Waals surface area contributed by atoms with Gasteiger partial charge in [-0.2, -0.15) is 0 Å². The molecule has 7 nitrogen and oxygen atoms in total. The minimum Gasteiger partial charge on any atom is -0.481 e. The average molecular weight is 306 g/mol. The van der Waals surface area contributed by atoms with Crippen LogP contribution in [0.25, 0.3) is 0 Å². The summed E-state index contributed by atoms with van der Waals surface area (Å²) in [4.78, 5) is 21.8. The molecule has 1 atom stereocenters. The highest BCUT2D eigenvalue weighted by molar-refractivity contribution is 5.80. The molecule has 0 fully saturated rings. The molecule has 0 amide bonds. The predicted octanol–water partition coefficient (Wildman–Crippen LogP) is 1.32. The number of ether oxygens (including phenoxy) is 3. The summed E-state index contributed by atoms with van der Waals surface area (Å²) in [5.74, 6) is -2.25. The van der Waals surface area contributed by atoms with Crippen molar-refractivity contribution in [3.05, 3.63) is 0 Å². The highest BCUT2D eigenvalue weighted by atomic mass is 16.7. The van der Waals surface area contributed by atoms with Crippen molar-refractivity contribution in [2.45, 2.75) is 58.3 Å². The van der Waals surface area contributed by atoms with Crippen molar-refractivity contribution in [2.75, 3.05) is 19.8 Å². The van der Waals surface area contributed by atoms with Crippen molar-refractivity contribution in [3.8, 4) is 0 Å². The summed E-state index contributed by atoms with van der Waals surface area (Å²) >= 11 is 0. The molecule has 2 N–H and O–H groups in total. The number of carbonyl (C=O) groups excluding carboxylic acids is 1. The second-order valence-corrected chi connectivity index (χ2v) is 4.62. The maximum atomic E-state index is 11.4. The molecule has 1 unspecified atom stereocenters. The highest BCUT2D eigenvalue weighted by Gasteiger charge is 2.22. The molecule has 0 radical (unpaired) electrons. The van der Waals surface area contributed by atoms with Gasteiger partial charge in [-0.25, -0.2) is 4.79 Å². The van der Waals surface area contributed by atoms with E-state index in [1.165, 1.54) is 0 Å². The summed E-state index contributed by atoms with van der Waals surface area (Å²) in [7, 11) is 0. The van der Waals surface area contributed by atoms with Crippen molar-refractivity contribution in [1.82, 2.24) is 0 Å². The number of esters is 1. The van der Waals surface area contributed by atoms with Crippen LogP contribution in [0.2, 0.25) is 0 Å². The SMILES string of the molecule is CCCCOC(COC(=O)C(O)CC(=O)O)OCCCC. The molecule has 0 aliphatic carbocycles. The Hall–Kier alpha value is -1.18. The zero-order valence-corrected chi connectivity index (χ0v) is 12.7. The van der Waals surface area contributed by atoms with Crippen LogP contribution >= 0.6 is 0 Å². The fraction of sp³-hybridized carbons (Fsp3) is 0.857. The number of carboxylic acids is 1. The van der Waals surface area contributed by atoms with E-state index in [-0.39, 0.29) is 6.61 Å². The van der Waals surface area contributed by atoms with Crippen LogP contribution in [0.1, 0.15) is 46.0 Å². The summed E-state index contributed by atoms with van der Waals surface area (Å²) in [6.45, 7) is 4.87. The van der Waals surface area contributed by atoms with E-state index >= 15 is 0 Å². The predicted molar refractivity (Wildman–Crippen MR) is 74.7 cm³/mol. The van der Waals surface area contributed by atoms with Gasteiger partial charge in [0.2, 0.25) is 0 Å². The number of carboxylic acid groups (broad SMARTS) is 1. The third kappa shape index (κ3) is 11.2. The molecule has 0 heterocycles. The van der Waals surface area contributed by atoms with Gasteiger partial charge < -0.3 is 24.4 Å². The second-order valence-electron chi connectivity index (χ2n) is 4.62. The molecular formula is C14H26O7. The van der Waals surface area contributed by atoms with Gasteiger partial charge in [0.15, 0.2) is 12.4 Å². The van der Waals surface area contributed by atoms with Gasteiger partial charge in [-0.3, -0.25) is 4.79 Å². The second kappa shape index (κ2) is 12.6. The van der Waals surface area contributed by atoms with Gasteiger partial charge in [0.05, 0.1) is 6.42 Å². The molecule has 7 heteroatoms. The Bertz CT molecular complexity index is 283. The average Bonchev–Trinajstić information content (AvgIpc) is 2.43. The van der Waals surface area contributed by atoms with Gasteiger partial charge in [-0.15, -0.1) is 0 Å². The smallest absolute Gasteiger partial charge is 0.335 e. The van der Waals surface area contributed by atoms with Crippen molar-refractivity contribution < 1.29 is 34.0 Å². The molecule has 0 aliphatic heterocycles. The standard InChI is InChI=1S/C14H26O7/c1-3-5-7-19-13(20-8-6-4-2)10-21-14(18)11(15)9-12(16)17/h11,13,15H,3-10H2,1-2H3,(H,16,17). The normalized spacial score (nSPS) is 12.4. The summed E-state index contributed by atoms with van der Waals surface area (Å²) in [5.41, 5.74) is 0. The van der Waals surface area contributed by atoms with Crippen LogP contribution in [-0.2, 0) is 23.8 Å². The number of carbonyl (C=O) groups is 2. The minimum absolute atomic E-state index is 0.164. The molecule has 0 saturated heterocycles. The summed E-state index contributed by atoms with van der Waals surface area (Å²) in [5, 5.41) is 17.8. The Balaban J connectivity index is 4.11. The third-order valence-corrected chi connectivity index (χ3v) is 2.60. The van der Waals surface area contributed by atoms with Crippen molar-refractivity contribution >= 4 is 11.9 Å². The van der Waals surface area contributed by atoms with Crippen LogP contribution in [0.4, 0.5) is 0 Å². The van der Waals surface area contributed by atoms with Gasteiger partial charge in [-0.05, 0) is 12.8 Å². The van der Waals surface area contributed by atoms with E-state index in [2.05, 4.69) is 0 Å². The Labute approximate surface area is 125 Å². The van der Waals surface area contributed by atoms with Crippen LogP contribution in [0.15, 0.2) is 0 Å². The van der Waals surface area contributed by atoms with Crippen molar-refractivity contribution in [2.24, 2.45) is 0 Å². The van der Waals surface area contributed by atoms with E-state index in [1.807, 2.05) is 13.8 Å². The van der Waals surface area contributed by atoms with E-state index in [0.717, 1.165) is 25.7 Å². The molecule has 0 aliphatic rings. The summed E-state index contributed by atoms with van der Waals surface area (Å²) in [6.07, 6.45) is 0.625. The highest BCUT2D eigenvalue weighted by Crippen LogP contribution is 2.03. The zero-order chi connectivity index (χ0) is 16.1. The fourth-order valence-electron chi connectivity index (χ4n) is 1.36. The van der Waals surface area contributed by atoms with Gasteiger partial charge in [-0.1, -0.05) is 26.7 Å². The number of unbranched alkanes of at least 4 members (excludes halogenated alkanes) is 2. The number of aliphatic hydroxyl groups excluding tert-OH is 1. The van der Waals surface area contributed by atoms with Crippen LogP contribution in [0, 0.1) is 0 Å². The topological polar surface area (TPSA) is 102 Å².